The topological polar surface area (TPSA) is 182 Å². The maximum Gasteiger partial charge on any atom is 0.291 e. The Morgan fingerprint density at radius 2 is 1.15 bits per heavy atom. The fraction of sp³-hybridized carbons (Fsp3) is 1.00. The number of hydrogen-bond acceptors (Lipinski definition) is 7. The van der Waals surface area contributed by atoms with Crippen LogP contribution < -0.4 is 11.5 Å². The molecule has 0 aromatic carbocycles. The second kappa shape index (κ2) is 22.4. The van der Waals surface area contributed by atoms with Gasteiger partial charge in [-0.1, -0.05) is 0 Å². The summed E-state index contributed by atoms with van der Waals surface area (Å²) in [7, 11) is 0. The first-order chi connectivity index (χ1) is 5.38. The zero-order valence-corrected chi connectivity index (χ0v) is 7.19. The first-order valence-electron chi connectivity index (χ1n) is 2.43. The quantitative estimate of drug-likeness (QED) is 0.279. The number of nitrogens with two attached hydrogens (primary N) is 2. The van der Waals surface area contributed by atoms with E-state index in [4.69, 9.17) is 42.1 Å². The predicted molar refractivity (Wildman–Crippen MR) is 37.3 cm³/mol. The molecule has 85 valence electrons. The molecular formula is C2H9CuN4O6-. The molecule has 0 unspecified atom stereocenters. The summed E-state index contributed by atoms with van der Waals surface area (Å²) in [5.41, 5.74) is 9.81. The molecule has 0 spiro atoms. The summed E-state index contributed by atoms with van der Waals surface area (Å²) >= 11 is 0. The second-order valence-electron chi connectivity index (χ2n) is 1.04. The van der Waals surface area contributed by atoms with Crippen molar-refractivity contribution in [3.05, 3.63) is 25.4 Å². The Balaban J connectivity index is -0.0000000450. The van der Waals surface area contributed by atoms with Gasteiger partial charge in [0.1, 0.15) is 0 Å². The van der Waals surface area contributed by atoms with Gasteiger partial charge in [-0.25, -0.2) is 0 Å². The smallest absolute Gasteiger partial charge is 0.291 e. The van der Waals surface area contributed by atoms with Gasteiger partial charge in [0, 0.05) is 30.2 Å². The molecule has 0 aliphatic heterocycles. The fourth-order valence-corrected chi connectivity index (χ4v) is 0. The van der Waals surface area contributed by atoms with E-state index in [1.54, 1.807) is 0 Å². The van der Waals surface area contributed by atoms with E-state index in [2.05, 4.69) is 0 Å². The molecular weight excluding hydrogens is 240 g/mol. The van der Waals surface area contributed by atoms with Crippen molar-refractivity contribution >= 4 is 0 Å². The van der Waals surface area contributed by atoms with Crippen LogP contribution in [0.25, 0.3) is 0 Å². The van der Waals surface area contributed by atoms with Crippen LogP contribution >= 0.6 is 0 Å². The van der Waals surface area contributed by atoms with Gasteiger partial charge in [-0.05, 0) is 0 Å². The molecule has 0 heterocycles. The van der Waals surface area contributed by atoms with Crippen molar-refractivity contribution in [2.75, 3.05) is 13.1 Å². The van der Waals surface area contributed by atoms with E-state index in [1.807, 2.05) is 0 Å². The van der Waals surface area contributed by atoms with Crippen molar-refractivity contribution in [2.45, 2.75) is 0 Å². The van der Waals surface area contributed by atoms with Gasteiger partial charge in [-0.15, -0.1) is 10.1 Å². The number of rotatable bonds is 1. The second-order valence-corrected chi connectivity index (χ2v) is 1.04. The van der Waals surface area contributed by atoms with Crippen LogP contribution in [0.1, 0.15) is 0 Å². The average Bonchev–Trinajstić information content (AvgIpc) is 1.85. The summed E-state index contributed by atoms with van der Waals surface area (Å²) < 4.78 is 0. The molecule has 0 aliphatic rings. The van der Waals surface area contributed by atoms with Crippen LogP contribution in [0, 0.1) is 25.4 Å². The van der Waals surface area contributed by atoms with Crippen molar-refractivity contribution in [3.8, 4) is 0 Å². The molecule has 0 aromatic heterocycles. The number of hydrogen-bond donors (Lipinski definition) is 3. The Hall–Kier alpha value is -1.16. The zero-order chi connectivity index (χ0) is 10.6. The molecule has 0 aliphatic carbocycles. The molecule has 0 rings (SSSR count). The summed E-state index contributed by atoms with van der Waals surface area (Å²) in [5.74, 6) is 0. The van der Waals surface area contributed by atoms with Crippen LogP contribution in [-0.4, -0.2) is 28.5 Å². The van der Waals surface area contributed by atoms with Gasteiger partial charge in [-0.2, -0.15) is 0 Å². The Labute approximate surface area is 83.2 Å². The molecule has 0 saturated heterocycles. The van der Waals surface area contributed by atoms with E-state index in [-0.39, 0.29) is 17.1 Å². The third-order valence-corrected chi connectivity index (χ3v) is 0.167. The maximum absolute atomic E-state index is 8.36. The molecule has 0 amide bonds. The van der Waals surface area contributed by atoms with E-state index in [9.17, 15) is 0 Å². The van der Waals surface area contributed by atoms with Crippen LogP contribution in [0.4, 0.5) is 0 Å². The van der Waals surface area contributed by atoms with Crippen LogP contribution in [0.15, 0.2) is 0 Å². The summed E-state index contributed by atoms with van der Waals surface area (Å²) in [6, 6.07) is 0. The molecule has 11 heteroatoms. The van der Waals surface area contributed by atoms with Crippen LogP contribution in [0.5, 0.6) is 0 Å². The van der Waals surface area contributed by atoms with Crippen molar-refractivity contribution in [1.82, 2.24) is 0 Å². The summed E-state index contributed by atoms with van der Waals surface area (Å²) in [4.78, 5) is 16.6. The van der Waals surface area contributed by atoms with Gasteiger partial charge < -0.3 is 32.0 Å². The molecule has 10 nitrogen and oxygen atoms in total. The molecule has 0 atom stereocenters. The van der Waals surface area contributed by atoms with Crippen LogP contribution in [-0.2, 0) is 17.1 Å². The van der Waals surface area contributed by atoms with E-state index >= 15 is 0 Å². The minimum Gasteiger partial charge on any atom is -0.356 e. The van der Waals surface area contributed by atoms with Gasteiger partial charge in [0.05, 0.1) is 5.09 Å². The molecule has 0 aromatic rings. The van der Waals surface area contributed by atoms with Crippen molar-refractivity contribution in [1.29, 1.82) is 0 Å². The third-order valence-electron chi connectivity index (χ3n) is 0.167. The fourth-order valence-electron chi connectivity index (χ4n) is 0. The Morgan fingerprint density at radius 3 is 1.15 bits per heavy atom. The van der Waals surface area contributed by atoms with Gasteiger partial charge in [0.2, 0.25) is 0 Å². The van der Waals surface area contributed by atoms with E-state index in [0.29, 0.717) is 13.1 Å². The Kier molecular flexibility index (Phi) is 39.1. The SMILES string of the molecule is NCCN.O=[N+]([O-])O.O=[N+]([O-])[O-].[Cu]. The number of nitrogens with zero attached hydrogens (tertiary/aromatic N) is 2. The van der Waals surface area contributed by atoms with E-state index in [0.717, 1.165) is 0 Å². The monoisotopic (exact) mass is 248 g/mol. The molecule has 0 bridgehead atoms. The first kappa shape index (κ1) is 22.6. The van der Waals surface area contributed by atoms with Gasteiger partial charge in [0.15, 0.2) is 0 Å². The third kappa shape index (κ3) is 32900. The molecule has 0 saturated carbocycles. The van der Waals surface area contributed by atoms with E-state index in [1.165, 1.54) is 0 Å². The first-order valence-corrected chi connectivity index (χ1v) is 2.43. The molecule has 5 N–H and O–H groups in total. The van der Waals surface area contributed by atoms with Crippen LogP contribution in [0.3, 0.4) is 0 Å². The van der Waals surface area contributed by atoms with Crippen molar-refractivity contribution in [2.24, 2.45) is 11.5 Å². The minimum atomic E-state index is -1.75. The van der Waals surface area contributed by atoms with Crippen LogP contribution in [0.2, 0.25) is 0 Å². The Bertz CT molecular complexity index is 99.2. The van der Waals surface area contributed by atoms with Gasteiger partial charge in [-0.3, -0.25) is 0 Å². The van der Waals surface area contributed by atoms with Crippen molar-refractivity contribution < 1.29 is 32.4 Å². The van der Waals surface area contributed by atoms with Gasteiger partial charge in [0.25, 0.3) is 5.09 Å². The maximum atomic E-state index is 8.36. The van der Waals surface area contributed by atoms with Crippen molar-refractivity contribution in [3.63, 3.8) is 0 Å². The zero-order valence-electron chi connectivity index (χ0n) is 6.25. The normalized spacial score (nSPS) is 6.00. The van der Waals surface area contributed by atoms with Gasteiger partial charge >= 0.3 is 0 Å². The summed E-state index contributed by atoms with van der Waals surface area (Å²) in [5, 5.41) is 28.4. The summed E-state index contributed by atoms with van der Waals surface area (Å²) in [6.07, 6.45) is 0. The molecule has 1 radical (unpaired) electrons. The average molecular weight is 249 g/mol. The Morgan fingerprint density at radius 1 is 1.08 bits per heavy atom. The molecule has 13 heavy (non-hydrogen) atoms. The summed E-state index contributed by atoms with van der Waals surface area (Å²) in [6.45, 7) is 1.19. The molecule has 0 fully saturated rings. The standard InChI is InChI=1S/C2H8N2.Cu.HNO3.NO3/c3-1-2-4;;2*2-1(3)4/h1-4H2;;(H,2,3,4);/q;;;-1. The minimum absolute atomic E-state index is 0. The predicted octanol–water partition coefficient (Wildman–Crippen LogP) is -1.69. The van der Waals surface area contributed by atoms with E-state index < -0.39 is 10.2 Å². The largest absolute Gasteiger partial charge is 0.356 e.